The van der Waals surface area contributed by atoms with Crippen molar-refractivity contribution in [1.29, 1.82) is 0 Å². The number of benzene rings is 1. The predicted molar refractivity (Wildman–Crippen MR) is 81.0 cm³/mol. The van der Waals surface area contributed by atoms with Crippen molar-refractivity contribution in [2.75, 3.05) is 0 Å². The zero-order chi connectivity index (χ0) is 14.4. The molecule has 0 unspecified atom stereocenters. The molecule has 1 aliphatic rings. The molecule has 0 aromatic heterocycles. The Labute approximate surface area is 116 Å². The highest BCUT2D eigenvalue weighted by atomic mass is 16.1. The standard InChI is InChI=1S/C18H24O/c1-17(2,3)13-10-11-14(18(4,5)6)16-12(13)8-7-9-15(16)19/h7,9-11H,8H2,1-6H3. The van der Waals surface area contributed by atoms with Crippen LogP contribution in [-0.4, -0.2) is 5.78 Å². The molecule has 0 saturated heterocycles. The van der Waals surface area contributed by atoms with Crippen LogP contribution in [0.15, 0.2) is 24.3 Å². The van der Waals surface area contributed by atoms with Gasteiger partial charge in [0.25, 0.3) is 0 Å². The number of fused-ring (bicyclic) bond motifs is 1. The largest absolute Gasteiger partial charge is 0.289 e. The Morgan fingerprint density at radius 3 is 1.95 bits per heavy atom. The Bertz CT molecular complexity index is 548. The van der Waals surface area contributed by atoms with Crippen molar-refractivity contribution in [3.63, 3.8) is 0 Å². The van der Waals surface area contributed by atoms with Crippen LogP contribution in [0.3, 0.4) is 0 Å². The van der Waals surface area contributed by atoms with Crippen LogP contribution in [-0.2, 0) is 17.3 Å². The summed E-state index contributed by atoms with van der Waals surface area (Å²) in [4.78, 5) is 12.3. The lowest BCUT2D eigenvalue weighted by atomic mass is 9.73. The highest BCUT2D eigenvalue weighted by molar-refractivity contribution is 6.08. The fourth-order valence-corrected chi connectivity index (χ4v) is 2.84. The van der Waals surface area contributed by atoms with E-state index in [1.807, 2.05) is 6.08 Å². The van der Waals surface area contributed by atoms with Crippen molar-refractivity contribution in [2.45, 2.75) is 58.8 Å². The average molecular weight is 256 g/mol. The van der Waals surface area contributed by atoms with Gasteiger partial charge < -0.3 is 0 Å². The molecule has 0 spiro atoms. The molecule has 0 atom stereocenters. The minimum Gasteiger partial charge on any atom is -0.289 e. The molecule has 0 fully saturated rings. The molecule has 0 bridgehead atoms. The first-order chi connectivity index (χ1) is 8.62. The zero-order valence-electron chi connectivity index (χ0n) is 12.9. The summed E-state index contributed by atoms with van der Waals surface area (Å²) >= 11 is 0. The van der Waals surface area contributed by atoms with Crippen LogP contribution in [0, 0.1) is 0 Å². The van der Waals surface area contributed by atoms with Gasteiger partial charge in [0.15, 0.2) is 5.78 Å². The van der Waals surface area contributed by atoms with Gasteiger partial charge in [-0.1, -0.05) is 59.8 Å². The lowest BCUT2D eigenvalue weighted by Crippen LogP contribution is -2.24. The molecule has 1 nitrogen and oxygen atoms in total. The van der Waals surface area contributed by atoms with Crippen LogP contribution >= 0.6 is 0 Å². The second kappa shape index (κ2) is 4.33. The van der Waals surface area contributed by atoms with E-state index in [4.69, 9.17) is 0 Å². The van der Waals surface area contributed by atoms with Crippen molar-refractivity contribution in [3.8, 4) is 0 Å². The Morgan fingerprint density at radius 1 is 0.895 bits per heavy atom. The van der Waals surface area contributed by atoms with Crippen molar-refractivity contribution in [2.24, 2.45) is 0 Å². The Morgan fingerprint density at radius 2 is 1.42 bits per heavy atom. The minimum atomic E-state index is 0.00133. The van der Waals surface area contributed by atoms with Crippen LogP contribution < -0.4 is 0 Å². The molecule has 1 aliphatic carbocycles. The molecule has 19 heavy (non-hydrogen) atoms. The molecule has 1 aromatic carbocycles. The molecule has 1 aromatic rings. The van der Waals surface area contributed by atoms with Crippen molar-refractivity contribution >= 4 is 5.78 Å². The van der Waals surface area contributed by atoms with E-state index in [1.54, 1.807) is 6.08 Å². The van der Waals surface area contributed by atoms with Crippen LogP contribution in [0.4, 0.5) is 0 Å². The maximum Gasteiger partial charge on any atom is 0.186 e. The fraction of sp³-hybridized carbons (Fsp3) is 0.500. The van der Waals surface area contributed by atoms with Gasteiger partial charge in [0.05, 0.1) is 0 Å². The van der Waals surface area contributed by atoms with Crippen molar-refractivity contribution in [3.05, 3.63) is 46.5 Å². The van der Waals surface area contributed by atoms with Crippen LogP contribution in [0.1, 0.15) is 68.6 Å². The van der Waals surface area contributed by atoms with Gasteiger partial charge in [-0.2, -0.15) is 0 Å². The van der Waals surface area contributed by atoms with Crippen LogP contribution in [0.25, 0.3) is 0 Å². The quantitative estimate of drug-likeness (QED) is 0.664. The van der Waals surface area contributed by atoms with Crippen LogP contribution in [0.2, 0.25) is 0 Å². The molecule has 0 amide bonds. The predicted octanol–water partition coefficient (Wildman–Crippen LogP) is 4.58. The zero-order valence-corrected chi connectivity index (χ0v) is 12.9. The van der Waals surface area contributed by atoms with Crippen molar-refractivity contribution in [1.82, 2.24) is 0 Å². The van der Waals surface area contributed by atoms with E-state index >= 15 is 0 Å². The highest BCUT2D eigenvalue weighted by Gasteiger charge is 2.29. The topological polar surface area (TPSA) is 17.1 Å². The van der Waals surface area contributed by atoms with E-state index in [9.17, 15) is 4.79 Å². The van der Waals surface area contributed by atoms with Gasteiger partial charge in [-0.15, -0.1) is 0 Å². The molecule has 0 heterocycles. The number of hydrogen-bond donors (Lipinski definition) is 0. The maximum absolute atomic E-state index is 12.3. The van der Waals surface area contributed by atoms with Gasteiger partial charge in [0.1, 0.15) is 0 Å². The lowest BCUT2D eigenvalue weighted by molar-refractivity contribution is 0.104. The van der Waals surface area contributed by atoms with E-state index in [1.165, 1.54) is 16.7 Å². The molecular weight excluding hydrogens is 232 g/mol. The molecule has 0 saturated carbocycles. The van der Waals surface area contributed by atoms with Gasteiger partial charge in [0, 0.05) is 5.56 Å². The molecular formula is C18H24O. The van der Waals surface area contributed by atoms with E-state index in [0.29, 0.717) is 0 Å². The smallest absolute Gasteiger partial charge is 0.186 e. The summed E-state index contributed by atoms with van der Waals surface area (Å²) in [5.74, 6) is 0.164. The van der Waals surface area contributed by atoms with E-state index in [2.05, 4.69) is 53.7 Å². The molecule has 0 N–H and O–H groups in total. The summed E-state index contributed by atoms with van der Waals surface area (Å²) < 4.78 is 0. The molecule has 0 radical (unpaired) electrons. The number of allylic oxidation sites excluding steroid dienone is 2. The second-order valence-electron chi connectivity index (χ2n) is 7.48. The Kier molecular flexibility index (Phi) is 3.20. The van der Waals surface area contributed by atoms with Gasteiger partial charge >= 0.3 is 0 Å². The molecule has 102 valence electrons. The number of hydrogen-bond acceptors (Lipinski definition) is 1. The van der Waals surface area contributed by atoms with E-state index in [-0.39, 0.29) is 16.6 Å². The third-order valence-corrected chi connectivity index (χ3v) is 3.77. The number of ketones is 1. The van der Waals surface area contributed by atoms with Gasteiger partial charge in [0.2, 0.25) is 0 Å². The summed E-state index contributed by atoms with van der Waals surface area (Å²) in [6.07, 6.45) is 4.59. The number of carbonyl (C=O) groups is 1. The summed E-state index contributed by atoms with van der Waals surface area (Å²) in [6, 6.07) is 4.36. The summed E-state index contributed by atoms with van der Waals surface area (Å²) in [7, 11) is 0. The molecule has 0 aliphatic heterocycles. The van der Waals surface area contributed by atoms with E-state index in [0.717, 1.165) is 12.0 Å². The third kappa shape index (κ3) is 2.51. The van der Waals surface area contributed by atoms with E-state index < -0.39 is 0 Å². The summed E-state index contributed by atoms with van der Waals surface area (Å²) in [5, 5.41) is 0. The lowest BCUT2D eigenvalue weighted by Gasteiger charge is -2.30. The second-order valence-corrected chi connectivity index (χ2v) is 7.48. The first-order valence-corrected chi connectivity index (χ1v) is 7.00. The van der Waals surface area contributed by atoms with Crippen molar-refractivity contribution < 1.29 is 4.79 Å². The average Bonchev–Trinajstić information content (AvgIpc) is 2.25. The van der Waals surface area contributed by atoms with Gasteiger partial charge in [-0.3, -0.25) is 4.79 Å². The first kappa shape index (κ1) is 14.0. The number of carbonyl (C=O) groups excluding carboxylic acids is 1. The molecule has 1 heteroatoms. The Hall–Kier alpha value is -1.37. The molecule has 2 rings (SSSR count). The minimum absolute atomic E-state index is 0.00133. The fourth-order valence-electron chi connectivity index (χ4n) is 2.84. The summed E-state index contributed by atoms with van der Waals surface area (Å²) in [5.41, 5.74) is 4.72. The third-order valence-electron chi connectivity index (χ3n) is 3.77. The first-order valence-electron chi connectivity index (χ1n) is 7.00. The van der Waals surface area contributed by atoms with Gasteiger partial charge in [-0.05, 0) is 40.0 Å². The Balaban J connectivity index is 2.77. The highest BCUT2D eigenvalue weighted by Crippen LogP contribution is 2.36. The van der Waals surface area contributed by atoms with Gasteiger partial charge in [-0.25, -0.2) is 0 Å². The number of rotatable bonds is 0. The monoisotopic (exact) mass is 256 g/mol. The van der Waals surface area contributed by atoms with Crippen LogP contribution in [0.5, 0.6) is 0 Å². The maximum atomic E-state index is 12.3. The normalized spacial score (nSPS) is 15.6. The SMILES string of the molecule is CC(C)(C)c1ccc(C(C)(C)C)c2c1CC=CC2=O. The summed E-state index contributed by atoms with van der Waals surface area (Å²) in [6.45, 7) is 13.1.